The molecule has 0 spiro atoms. The first kappa shape index (κ1) is 5.18. The highest BCUT2D eigenvalue weighted by Crippen LogP contribution is 2.20. The smallest absolute Gasteiger partial charge is 0.161 e. The molecule has 58 valence electrons. The van der Waals surface area contributed by atoms with Crippen molar-refractivity contribution in [3.8, 4) is 0 Å². The molecule has 0 aliphatic rings. The Balaban J connectivity index is 3.68. The molecule has 0 aromatic heterocycles. The summed E-state index contributed by atoms with van der Waals surface area (Å²) >= 11 is 11.3. The van der Waals surface area contributed by atoms with E-state index >= 15 is 0 Å². The number of halogens is 2. The maximum atomic E-state index is 11.1. The van der Waals surface area contributed by atoms with Crippen LogP contribution in [-0.2, 0) is 0 Å². The van der Waals surface area contributed by atoms with Crippen LogP contribution in [0.4, 0.5) is 0 Å². The molecule has 0 heterocycles. The lowest BCUT2D eigenvalue weighted by molar-refractivity contribution is 0.101. The van der Waals surface area contributed by atoms with Crippen LogP contribution in [-0.4, -0.2) is 5.78 Å². The van der Waals surface area contributed by atoms with Crippen LogP contribution in [0.1, 0.15) is 21.4 Å². The molecule has 0 fully saturated rings. The Kier molecular flexibility index (Phi) is 1.53. The summed E-state index contributed by atoms with van der Waals surface area (Å²) in [6, 6.07) is -0.935. The molecule has 0 saturated heterocycles. The molecule has 0 saturated carbocycles. The number of Topliss-reactive ketones (excluding diaryl/α,β-unsaturated/α-hetero) is 1. The minimum atomic E-state index is -0.435. The first-order valence-corrected chi connectivity index (χ1v) is 3.59. The second-order valence-electron chi connectivity index (χ2n) is 1.93. The van der Waals surface area contributed by atoms with Crippen molar-refractivity contribution >= 4 is 29.0 Å². The van der Waals surface area contributed by atoms with Crippen LogP contribution in [0, 0.1) is 0 Å². The van der Waals surface area contributed by atoms with Crippen LogP contribution < -0.4 is 0 Å². The van der Waals surface area contributed by atoms with Crippen LogP contribution >= 0.6 is 23.2 Å². The third kappa shape index (κ3) is 1.95. The van der Waals surface area contributed by atoms with Crippen molar-refractivity contribution in [2.75, 3.05) is 0 Å². The molecule has 0 N–H and O–H groups in total. The average molecular weight is 192 g/mol. The van der Waals surface area contributed by atoms with Gasteiger partial charge in [-0.15, -0.1) is 0 Å². The molecule has 0 unspecified atom stereocenters. The van der Waals surface area contributed by atoms with Gasteiger partial charge < -0.3 is 0 Å². The van der Waals surface area contributed by atoms with Crippen molar-refractivity contribution in [3.63, 3.8) is 0 Å². The number of benzene rings is 1. The number of ketones is 1. The van der Waals surface area contributed by atoms with Crippen LogP contribution in [0.2, 0.25) is 10.0 Å². The zero-order valence-corrected chi connectivity index (χ0v) is 7.18. The van der Waals surface area contributed by atoms with Gasteiger partial charge in [-0.2, -0.15) is 0 Å². The fourth-order valence-corrected chi connectivity index (χ4v) is 0.980. The zero-order chi connectivity index (χ0) is 11.0. The summed E-state index contributed by atoms with van der Waals surface area (Å²) in [4.78, 5) is 11.1. The van der Waals surface area contributed by atoms with E-state index in [0.29, 0.717) is 0 Å². The molecule has 0 amide bonds. The molecular formula is C8H6Cl2O. The maximum absolute atomic E-state index is 11.1. The molecule has 1 aromatic rings. The summed E-state index contributed by atoms with van der Waals surface area (Å²) in [5.41, 5.74) is -0.0994. The van der Waals surface area contributed by atoms with Gasteiger partial charge in [-0.05, 0) is 25.1 Å². The van der Waals surface area contributed by atoms with E-state index in [1.54, 1.807) is 0 Å². The second kappa shape index (κ2) is 3.24. The van der Waals surface area contributed by atoms with E-state index in [1.807, 2.05) is 0 Å². The Bertz CT molecular complexity index is 389. The fourth-order valence-electron chi connectivity index (χ4n) is 0.611. The monoisotopic (exact) mass is 191 g/mol. The Morgan fingerprint density at radius 2 is 2.18 bits per heavy atom. The maximum Gasteiger partial charge on any atom is 0.161 e. The van der Waals surface area contributed by atoms with E-state index in [4.69, 9.17) is 27.3 Å². The molecule has 3 heteroatoms. The van der Waals surface area contributed by atoms with E-state index < -0.39 is 5.78 Å². The zero-order valence-electron chi connectivity index (χ0n) is 8.66. The highest BCUT2D eigenvalue weighted by molar-refractivity contribution is 6.35. The van der Waals surface area contributed by atoms with Crippen molar-refractivity contribution in [3.05, 3.63) is 33.7 Å². The first-order valence-electron chi connectivity index (χ1n) is 4.33. The molecule has 0 bridgehead atoms. The summed E-state index contributed by atoms with van der Waals surface area (Å²) < 4.78 is 22.2. The normalized spacial score (nSPS) is 13.5. The Hall–Kier alpha value is -0.530. The highest BCUT2D eigenvalue weighted by Gasteiger charge is 2.04. The van der Waals surface area contributed by atoms with Crippen molar-refractivity contribution in [1.82, 2.24) is 0 Å². The van der Waals surface area contributed by atoms with E-state index in [2.05, 4.69) is 0 Å². The van der Waals surface area contributed by atoms with Gasteiger partial charge in [-0.25, -0.2) is 0 Å². The van der Waals surface area contributed by atoms with Crippen molar-refractivity contribution in [1.29, 1.82) is 0 Å². The standard InChI is InChI=1S/C8H6Cl2O/c1-5(11)7-4-6(9)2-3-8(7)10/h2-4H,1H3/i2D,3D,4D. The quantitative estimate of drug-likeness (QED) is 0.624. The molecule has 1 nitrogen and oxygen atoms in total. The molecule has 1 rings (SSSR count). The number of carbonyl (C=O) groups is 1. The minimum Gasteiger partial charge on any atom is -0.294 e. The van der Waals surface area contributed by atoms with Crippen LogP contribution in [0.3, 0.4) is 0 Å². The summed E-state index contributed by atoms with van der Waals surface area (Å²) in [7, 11) is 0. The first-order chi connectivity index (χ1) is 6.37. The largest absolute Gasteiger partial charge is 0.294 e. The van der Waals surface area contributed by atoms with Gasteiger partial charge in [0.05, 0.1) is 9.13 Å². The Morgan fingerprint density at radius 1 is 1.55 bits per heavy atom. The van der Waals surface area contributed by atoms with Gasteiger partial charge in [0, 0.05) is 10.6 Å². The van der Waals surface area contributed by atoms with E-state index in [0.717, 1.165) is 0 Å². The van der Waals surface area contributed by atoms with Crippen LogP contribution in [0.25, 0.3) is 0 Å². The lowest BCUT2D eigenvalue weighted by atomic mass is 10.1. The van der Waals surface area contributed by atoms with Crippen LogP contribution in [0.15, 0.2) is 18.1 Å². The minimum absolute atomic E-state index is 0.0994. The molecular weight excluding hydrogens is 183 g/mol. The van der Waals surface area contributed by atoms with E-state index in [1.165, 1.54) is 6.92 Å². The molecule has 0 radical (unpaired) electrons. The predicted molar refractivity (Wildman–Crippen MR) is 46.5 cm³/mol. The third-order valence-corrected chi connectivity index (χ3v) is 1.56. The molecule has 1 aromatic carbocycles. The Morgan fingerprint density at radius 3 is 2.73 bits per heavy atom. The predicted octanol–water partition coefficient (Wildman–Crippen LogP) is 3.20. The van der Waals surface area contributed by atoms with Gasteiger partial charge in [-0.1, -0.05) is 23.2 Å². The van der Waals surface area contributed by atoms with Gasteiger partial charge in [0.25, 0.3) is 0 Å². The number of hydrogen-bond acceptors (Lipinski definition) is 1. The SMILES string of the molecule is [2H]c1c([2H])c(Cl)c(C(C)=O)c([2H])c1Cl. The lowest BCUT2D eigenvalue weighted by Crippen LogP contribution is -1.92. The van der Waals surface area contributed by atoms with E-state index in [-0.39, 0.29) is 33.7 Å². The van der Waals surface area contributed by atoms with Crippen LogP contribution in [0.5, 0.6) is 0 Å². The average Bonchev–Trinajstić information content (AvgIpc) is 2.11. The van der Waals surface area contributed by atoms with Gasteiger partial charge in [0.1, 0.15) is 0 Å². The topological polar surface area (TPSA) is 17.1 Å². The lowest BCUT2D eigenvalue weighted by Gasteiger charge is -1.98. The highest BCUT2D eigenvalue weighted by atomic mass is 35.5. The number of carbonyl (C=O) groups excluding carboxylic acids is 1. The van der Waals surface area contributed by atoms with Crippen molar-refractivity contribution < 1.29 is 8.91 Å². The summed E-state index contributed by atoms with van der Waals surface area (Å²) in [6.07, 6.45) is 0. The Labute approximate surface area is 79.1 Å². The second-order valence-corrected chi connectivity index (χ2v) is 2.69. The molecule has 0 atom stereocenters. The fraction of sp³-hybridized carbons (Fsp3) is 0.125. The molecule has 0 aliphatic carbocycles. The molecule has 11 heavy (non-hydrogen) atoms. The van der Waals surface area contributed by atoms with Gasteiger partial charge in [0.15, 0.2) is 5.78 Å². The van der Waals surface area contributed by atoms with Gasteiger partial charge in [0.2, 0.25) is 0 Å². The van der Waals surface area contributed by atoms with E-state index in [9.17, 15) is 4.79 Å². The summed E-state index contributed by atoms with van der Waals surface area (Å²) in [5, 5.41) is -0.401. The number of hydrogen-bond donors (Lipinski definition) is 0. The number of rotatable bonds is 1. The van der Waals surface area contributed by atoms with Gasteiger partial charge in [-0.3, -0.25) is 4.79 Å². The van der Waals surface area contributed by atoms with Crippen molar-refractivity contribution in [2.45, 2.75) is 6.92 Å². The third-order valence-electron chi connectivity index (χ3n) is 1.09. The van der Waals surface area contributed by atoms with Crippen molar-refractivity contribution in [2.24, 2.45) is 0 Å². The summed E-state index contributed by atoms with van der Waals surface area (Å²) in [6.45, 7) is 1.23. The van der Waals surface area contributed by atoms with Gasteiger partial charge >= 0.3 is 0 Å². The molecule has 0 aliphatic heterocycles. The summed E-state index contributed by atoms with van der Waals surface area (Å²) in [5.74, 6) is -0.435.